The van der Waals surface area contributed by atoms with Crippen LogP contribution in [-0.4, -0.2) is 24.7 Å². The fourth-order valence-electron chi connectivity index (χ4n) is 2.53. The number of hydrogen-bond donors (Lipinski definition) is 1. The van der Waals surface area contributed by atoms with Gasteiger partial charge in [-0.25, -0.2) is 0 Å². The lowest BCUT2D eigenvalue weighted by Gasteiger charge is -2.31. The van der Waals surface area contributed by atoms with E-state index in [1.165, 1.54) is 18.9 Å². The number of carbonyl (C=O) groups is 2. The molecule has 1 aromatic rings. The van der Waals surface area contributed by atoms with Crippen molar-refractivity contribution in [1.29, 1.82) is 5.26 Å². The highest BCUT2D eigenvalue weighted by molar-refractivity contribution is 8.03. The van der Waals surface area contributed by atoms with Crippen LogP contribution in [0.1, 0.15) is 18.4 Å². The molecule has 5 nitrogen and oxygen atoms in total. The lowest BCUT2D eigenvalue weighted by molar-refractivity contribution is -0.150. The molecule has 2 atom stereocenters. The minimum absolute atomic E-state index is 0.319. The second-order valence-corrected chi connectivity index (χ2v) is 6.46. The fraction of sp³-hybridized carbons (Fsp3) is 0.312. The molecule has 0 spiro atoms. The molecule has 0 saturated heterocycles. The Morgan fingerprint density at radius 3 is 2.74 bits per heavy atom. The number of benzene rings is 1. The first-order valence-corrected chi connectivity index (χ1v) is 8.31. The zero-order valence-corrected chi connectivity index (χ0v) is 14.2. The summed E-state index contributed by atoms with van der Waals surface area (Å²) in [5.74, 6) is -2.41. The van der Waals surface area contributed by atoms with Gasteiger partial charge in [0.2, 0.25) is 5.91 Å². The van der Waals surface area contributed by atoms with Crippen LogP contribution in [0.15, 0.2) is 34.9 Å². The van der Waals surface area contributed by atoms with Crippen molar-refractivity contribution in [3.63, 3.8) is 0 Å². The fourth-order valence-corrected chi connectivity index (χ4v) is 3.57. The molecule has 0 radical (unpaired) electrons. The Morgan fingerprint density at radius 2 is 2.17 bits per heavy atom. The van der Waals surface area contributed by atoms with Crippen LogP contribution in [0.25, 0.3) is 0 Å². The first-order valence-electron chi connectivity index (χ1n) is 6.95. The van der Waals surface area contributed by atoms with Crippen molar-refractivity contribution in [2.24, 2.45) is 5.92 Å². The number of rotatable bonds is 4. The first kappa shape index (κ1) is 17.4. The monoisotopic (exact) mass is 350 g/mol. The number of carbonyl (C=O) groups excluding carboxylic acids is 2. The summed E-state index contributed by atoms with van der Waals surface area (Å²) in [6.07, 6.45) is 0. The normalized spacial score (nSPS) is 20.7. The van der Waals surface area contributed by atoms with Crippen LogP contribution in [0, 0.1) is 17.2 Å². The van der Waals surface area contributed by atoms with Gasteiger partial charge in [-0.05, 0) is 17.4 Å². The highest BCUT2D eigenvalue weighted by Crippen LogP contribution is 2.42. The standard InChI is InChI=1S/C16H15ClN2O3S/c1-3-23-15-10(8-18)12(9-6-4-5-7-11(9)17)13(14(20)19-15)16(21)22-2/h4-7,12-13H,3H2,1-2H3,(H,19,20). The first-order chi connectivity index (χ1) is 11.0. The molecule has 1 N–H and O–H groups in total. The van der Waals surface area contributed by atoms with E-state index < -0.39 is 23.7 Å². The predicted octanol–water partition coefficient (Wildman–Crippen LogP) is 2.83. The summed E-state index contributed by atoms with van der Waals surface area (Å²) in [4.78, 5) is 24.6. The number of halogens is 1. The van der Waals surface area contributed by atoms with Gasteiger partial charge in [-0.2, -0.15) is 5.26 Å². The second kappa shape index (κ2) is 7.53. The summed E-state index contributed by atoms with van der Waals surface area (Å²) in [6, 6.07) is 9.01. The minimum atomic E-state index is -1.14. The number of nitriles is 1. The molecule has 1 heterocycles. The number of allylic oxidation sites excluding steroid dienone is 1. The van der Waals surface area contributed by atoms with E-state index in [4.69, 9.17) is 16.3 Å². The lowest BCUT2D eigenvalue weighted by Crippen LogP contribution is -2.44. The zero-order valence-electron chi connectivity index (χ0n) is 12.6. The maximum atomic E-state index is 12.4. The Morgan fingerprint density at radius 1 is 1.48 bits per heavy atom. The van der Waals surface area contributed by atoms with Crippen molar-refractivity contribution in [2.45, 2.75) is 12.8 Å². The summed E-state index contributed by atoms with van der Waals surface area (Å²) in [7, 11) is 1.21. The number of thioether (sulfide) groups is 1. The molecule has 23 heavy (non-hydrogen) atoms. The van der Waals surface area contributed by atoms with Crippen LogP contribution in [0.5, 0.6) is 0 Å². The van der Waals surface area contributed by atoms with Crippen molar-refractivity contribution in [3.8, 4) is 6.07 Å². The zero-order chi connectivity index (χ0) is 17.0. The summed E-state index contributed by atoms with van der Waals surface area (Å²) in [6.45, 7) is 1.91. The van der Waals surface area contributed by atoms with Gasteiger partial charge in [0.05, 0.1) is 23.8 Å². The average Bonchev–Trinajstić information content (AvgIpc) is 2.54. The molecule has 120 valence electrons. The Balaban J connectivity index is 2.67. The molecule has 1 aliphatic rings. The Bertz CT molecular complexity index is 712. The van der Waals surface area contributed by atoms with Crippen LogP contribution >= 0.6 is 23.4 Å². The van der Waals surface area contributed by atoms with Gasteiger partial charge in [0.25, 0.3) is 0 Å². The van der Waals surface area contributed by atoms with E-state index in [9.17, 15) is 14.9 Å². The Hall–Kier alpha value is -1.97. The van der Waals surface area contributed by atoms with Gasteiger partial charge in [0, 0.05) is 10.9 Å². The maximum absolute atomic E-state index is 12.4. The predicted molar refractivity (Wildman–Crippen MR) is 88.6 cm³/mol. The van der Waals surface area contributed by atoms with E-state index in [1.807, 2.05) is 6.92 Å². The molecule has 0 aromatic heterocycles. The minimum Gasteiger partial charge on any atom is -0.468 e. The van der Waals surface area contributed by atoms with Crippen LogP contribution in [0.2, 0.25) is 5.02 Å². The van der Waals surface area contributed by atoms with Crippen LogP contribution < -0.4 is 5.32 Å². The third kappa shape index (κ3) is 3.36. The second-order valence-electron chi connectivity index (χ2n) is 4.78. The number of nitrogens with zero attached hydrogens (tertiary/aromatic N) is 1. The highest BCUT2D eigenvalue weighted by atomic mass is 35.5. The van der Waals surface area contributed by atoms with E-state index in [0.29, 0.717) is 26.9 Å². The van der Waals surface area contributed by atoms with E-state index in [1.54, 1.807) is 24.3 Å². The Kier molecular flexibility index (Phi) is 5.69. The summed E-state index contributed by atoms with van der Waals surface area (Å²) in [5.41, 5.74) is 0.880. The number of methoxy groups -OCH3 is 1. The van der Waals surface area contributed by atoms with Gasteiger partial charge in [0.15, 0.2) is 0 Å². The molecule has 1 aliphatic heterocycles. The van der Waals surface area contributed by atoms with Gasteiger partial charge < -0.3 is 10.1 Å². The molecule has 1 amide bonds. The molecule has 1 aromatic carbocycles. The Labute approximate surface area is 143 Å². The van der Waals surface area contributed by atoms with Gasteiger partial charge in [-0.15, -0.1) is 11.8 Å². The molecule has 7 heteroatoms. The molecule has 0 fully saturated rings. The third-order valence-corrected chi connectivity index (χ3v) is 4.76. The third-order valence-electron chi connectivity index (χ3n) is 3.51. The summed E-state index contributed by atoms with van der Waals surface area (Å²) in [5, 5.41) is 13.1. The topological polar surface area (TPSA) is 79.2 Å². The van der Waals surface area contributed by atoms with Gasteiger partial charge >= 0.3 is 5.97 Å². The lowest BCUT2D eigenvalue weighted by atomic mass is 9.78. The van der Waals surface area contributed by atoms with Crippen molar-refractivity contribution in [2.75, 3.05) is 12.9 Å². The average molecular weight is 351 g/mol. The van der Waals surface area contributed by atoms with Crippen molar-refractivity contribution >= 4 is 35.2 Å². The summed E-state index contributed by atoms with van der Waals surface area (Å²) >= 11 is 7.59. The van der Waals surface area contributed by atoms with Crippen molar-refractivity contribution in [3.05, 3.63) is 45.5 Å². The largest absolute Gasteiger partial charge is 0.468 e. The van der Waals surface area contributed by atoms with Crippen LogP contribution in [0.4, 0.5) is 0 Å². The molecular weight excluding hydrogens is 336 g/mol. The molecule has 2 unspecified atom stereocenters. The van der Waals surface area contributed by atoms with E-state index in [2.05, 4.69) is 11.4 Å². The van der Waals surface area contributed by atoms with Gasteiger partial charge in [-0.3, -0.25) is 9.59 Å². The smallest absolute Gasteiger partial charge is 0.319 e. The molecular formula is C16H15ClN2O3S. The van der Waals surface area contributed by atoms with Crippen LogP contribution in [0.3, 0.4) is 0 Å². The SMILES string of the molecule is CCSC1=C(C#N)C(c2ccccc2Cl)C(C(=O)OC)C(=O)N1. The molecule has 0 bridgehead atoms. The van der Waals surface area contributed by atoms with Crippen molar-refractivity contribution < 1.29 is 14.3 Å². The number of amides is 1. The number of hydrogen-bond acceptors (Lipinski definition) is 5. The maximum Gasteiger partial charge on any atom is 0.319 e. The van der Waals surface area contributed by atoms with E-state index >= 15 is 0 Å². The number of ether oxygens (including phenoxy) is 1. The molecule has 2 rings (SSSR count). The van der Waals surface area contributed by atoms with Gasteiger partial charge in [0.1, 0.15) is 5.92 Å². The summed E-state index contributed by atoms with van der Waals surface area (Å²) < 4.78 is 4.76. The van der Waals surface area contributed by atoms with E-state index in [-0.39, 0.29) is 0 Å². The van der Waals surface area contributed by atoms with E-state index in [0.717, 1.165) is 0 Å². The quantitative estimate of drug-likeness (QED) is 0.667. The molecule has 0 aliphatic carbocycles. The van der Waals surface area contributed by atoms with Crippen LogP contribution in [-0.2, 0) is 14.3 Å². The molecule has 0 saturated carbocycles. The van der Waals surface area contributed by atoms with Crippen molar-refractivity contribution in [1.82, 2.24) is 5.32 Å². The number of nitrogens with one attached hydrogen (secondary N) is 1. The number of esters is 1. The highest BCUT2D eigenvalue weighted by Gasteiger charge is 2.44. The van der Waals surface area contributed by atoms with Gasteiger partial charge in [-0.1, -0.05) is 36.7 Å².